The molecule has 1 aliphatic carbocycles. The summed E-state index contributed by atoms with van der Waals surface area (Å²) in [6, 6.07) is 3.89. The number of nitrogens with two attached hydrogens (primary N) is 1. The van der Waals surface area contributed by atoms with Gasteiger partial charge in [0.05, 0.1) is 7.11 Å². The zero-order chi connectivity index (χ0) is 13.2. The van der Waals surface area contributed by atoms with Crippen LogP contribution >= 0.6 is 12.4 Å². The minimum absolute atomic E-state index is 0. The van der Waals surface area contributed by atoms with Crippen LogP contribution in [0.1, 0.15) is 31.1 Å². The molecule has 0 bridgehead atoms. The normalized spacial score (nSPS) is 21.5. The van der Waals surface area contributed by atoms with Gasteiger partial charge >= 0.3 is 0 Å². The molecule has 2 N–H and O–H groups in total. The largest absolute Gasteiger partial charge is 0.481 e. The minimum atomic E-state index is 0. The Balaban J connectivity index is 0.00000147. The van der Waals surface area contributed by atoms with Gasteiger partial charge in [0.15, 0.2) is 0 Å². The fraction of sp³-hybridized carbons (Fsp3) is 0.462. The third-order valence-corrected chi connectivity index (χ3v) is 3.47. The van der Waals surface area contributed by atoms with Crippen LogP contribution in [0.4, 0.5) is 0 Å². The van der Waals surface area contributed by atoms with Crippen molar-refractivity contribution in [1.29, 1.82) is 0 Å². The van der Waals surface area contributed by atoms with Gasteiger partial charge in [-0.1, -0.05) is 5.16 Å². The molecule has 0 saturated heterocycles. The molecule has 1 aliphatic rings. The summed E-state index contributed by atoms with van der Waals surface area (Å²) in [5.41, 5.74) is 6.72. The van der Waals surface area contributed by atoms with Crippen molar-refractivity contribution < 1.29 is 9.26 Å². The number of hydrogen-bond donors (Lipinski definition) is 1. The molecular weight excluding hydrogens is 280 g/mol. The van der Waals surface area contributed by atoms with Gasteiger partial charge < -0.3 is 15.0 Å². The molecule has 2 aromatic rings. The van der Waals surface area contributed by atoms with Gasteiger partial charge in [0, 0.05) is 29.8 Å². The fourth-order valence-electron chi connectivity index (χ4n) is 2.39. The molecule has 0 spiro atoms. The number of pyridine rings is 1. The molecule has 1 saturated carbocycles. The zero-order valence-electron chi connectivity index (χ0n) is 11.2. The maximum absolute atomic E-state index is 5.90. The van der Waals surface area contributed by atoms with E-state index in [4.69, 9.17) is 15.0 Å². The topological polar surface area (TPSA) is 87.1 Å². The third-order valence-electron chi connectivity index (χ3n) is 3.47. The predicted molar refractivity (Wildman–Crippen MR) is 75.9 cm³/mol. The molecule has 2 atom stereocenters. The quantitative estimate of drug-likeness (QED) is 0.934. The minimum Gasteiger partial charge on any atom is -0.481 e. The molecule has 6 nitrogen and oxygen atoms in total. The number of nitrogens with zero attached hydrogens (tertiary/aromatic N) is 3. The molecule has 2 aromatic heterocycles. The predicted octanol–water partition coefficient (Wildman–Crippen LogP) is 2.16. The first-order valence-electron chi connectivity index (χ1n) is 6.36. The Morgan fingerprint density at radius 1 is 1.35 bits per heavy atom. The van der Waals surface area contributed by atoms with E-state index in [0.717, 1.165) is 24.8 Å². The highest BCUT2D eigenvalue weighted by atomic mass is 35.5. The highest BCUT2D eigenvalue weighted by molar-refractivity contribution is 5.85. The van der Waals surface area contributed by atoms with E-state index in [9.17, 15) is 0 Å². The molecule has 0 aliphatic heterocycles. The highest BCUT2D eigenvalue weighted by Gasteiger charge is 2.28. The number of rotatable bonds is 3. The number of methoxy groups -OCH3 is 1. The Bertz CT molecular complexity index is 558. The molecule has 2 unspecified atom stereocenters. The highest BCUT2D eigenvalue weighted by Crippen LogP contribution is 2.33. The first-order chi connectivity index (χ1) is 9.26. The van der Waals surface area contributed by atoms with E-state index >= 15 is 0 Å². The zero-order valence-corrected chi connectivity index (χ0v) is 12.0. The van der Waals surface area contributed by atoms with Gasteiger partial charge in [0.2, 0.25) is 17.6 Å². The van der Waals surface area contributed by atoms with Gasteiger partial charge in [-0.2, -0.15) is 4.98 Å². The summed E-state index contributed by atoms with van der Waals surface area (Å²) in [5, 5.41) is 4.00. The van der Waals surface area contributed by atoms with Crippen molar-refractivity contribution in [1.82, 2.24) is 15.1 Å². The fourth-order valence-corrected chi connectivity index (χ4v) is 2.39. The van der Waals surface area contributed by atoms with E-state index in [2.05, 4.69) is 15.1 Å². The standard InChI is InChI=1S/C13H16N4O2.ClH/c1-18-11-5-3-9(7-15-11)12-16-13(19-17-12)8-2-4-10(14)6-8;/h3,5,7-8,10H,2,4,6,14H2,1H3;1H. The summed E-state index contributed by atoms with van der Waals surface area (Å²) in [6.07, 6.45) is 4.63. The molecule has 1 fully saturated rings. The van der Waals surface area contributed by atoms with E-state index in [-0.39, 0.29) is 18.4 Å². The number of ether oxygens (including phenoxy) is 1. The van der Waals surface area contributed by atoms with Gasteiger partial charge in [-0.05, 0) is 25.3 Å². The van der Waals surface area contributed by atoms with Crippen LogP contribution in [0.3, 0.4) is 0 Å². The van der Waals surface area contributed by atoms with E-state index in [1.165, 1.54) is 0 Å². The van der Waals surface area contributed by atoms with E-state index in [1.807, 2.05) is 6.07 Å². The van der Waals surface area contributed by atoms with Crippen LogP contribution in [0.2, 0.25) is 0 Å². The maximum atomic E-state index is 5.90. The Morgan fingerprint density at radius 2 is 2.20 bits per heavy atom. The monoisotopic (exact) mass is 296 g/mol. The van der Waals surface area contributed by atoms with Crippen LogP contribution in [-0.4, -0.2) is 28.3 Å². The average molecular weight is 297 g/mol. The van der Waals surface area contributed by atoms with Crippen molar-refractivity contribution in [2.24, 2.45) is 5.73 Å². The van der Waals surface area contributed by atoms with Gasteiger partial charge in [0.1, 0.15) is 0 Å². The maximum Gasteiger partial charge on any atom is 0.230 e. The van der Waals surface area contributed by atoms with Crippen LogP contribution in [0.25, 0.3) is 11.4 Å². The second kappa shape index (κ2) is 6.19. The summed E-state index contributed by atoms with van der Waals surface area (Å²) in [7, 11) is 1.58. The Morgan fingerprint density at radius 3 is 2.80 bits per heavy atom. The second-order valence-electron chi connectivity index (χ2n) is 4.82. The lowest BCUT2D eigenvalue weighted by atomic mass is 10.1. The van der Waals surface area contributed by atoms with E-state index in [1.54, 1.807) is 19.4 Å². The van der Waals surface area contributed by atoms with Crippen LogP contribution in [0, 0.1) is 0 Å². The van der Waals surface area contributed by atoms with Crippen molar-refractivity contribution in [3.05, 3.63) is 24.2 Å². The SMILES string of the molecule is COc1ccc(-c2noc(C3CCC(N)C3)n2)cn1.Cl. The summed E-state index contributed by atoms with van der Waals surface area (Å²) >= 11 is 0. The van der Waals surface area contributed by atoms with Crippen LogP contribution < -0.4 is 10.5 Å². The molecule has 0 aromatic carbocycles. The molecule has 0 radical (unpaired) electrons. The van der Waals surface area contributed by atoms with Gasteiger partial charge in [0.25, 0.3) is 0 Å². The molecule has 108 valence electrons. The molecule has 0 amide bonds. The smallest absolute Gasteiger partial charge is 0.230 e. The second-order valence-corrected chi connectivity index (χ2v) is 4.82. The Labute approximate surface area is 123 Å². The molecule has 2 heterocycles. The first-order valence-corrected chi connectivity index (χ1v) is 6.36. The summed E-state index contributed by atoms with van der Waals surface area (Å²) in [5.74, 6) is 2.10. The van der Waals surface area contributed by atoms with Crippen molar-refractivity contribution in [2.45, 2.75) is 31.2 Å². The Hall–Kier alpha value is -1.66. The van der Waals surface area contributed by atoms with E-state index in [0.29, 0.717) is 23.5 Å². The molecule has 20 heavy (non-hydrogen) atoms. The lowest BCUT2D eigenvalue weighted by molar-refractivity contribution is 0.353. The molecular formula is C13H17ClN4O2. The number of aromatic nitrogens is 3. The number of halogens is 1. The van der Waals surface area contributed by atoms with Crippen molar-refractivity contribution >= 4 is 12.4 Å². The lowest BCUT2D eigenvalue weighted by Crippen LogP contribution is -2.14. The first kappa shape index (κ1) is 14.7. The van der Waals surface area contributed by atoms with Crippen molar-refractivity contribution in [3.8, 4) is 17.3 Å². The van der Waals surface area contributed by atoms with Gasteiger partial charge in [-0.25, -0.2) is 4.98 Å². The molecule has 7 heteroatoms. The lowest BCUT2D eigenvalue weighted by Gasteiger charge is -2.01. The van der Waals surface area contributed by atoms with Crippen LogP contribution in [0.5, 0.6) is 5.88 Å². The van der Waals surface area contributed by atoms with Gasteiger partial charge in [-0.15, -0.1) is 12.4 Å². The third kappa shape index (κ3) is 2.91. The number of hydrogen-bond acceptors (Lipinski definition) is 6. The summed E-state index contributed by atoms with van der Waals surface area (Å²) in [6.45, 7) is 0. The average Bonchev–Trinajstić information content (AvgIpc) is 3.07. The van der Waals surface area contributed by atoms with E-state index < -0.39 is 0 Å². The van der Waals surface area contributed by atoms with Crippen molar-refractivity contribution in [3.63, 3.8) is 0 Å². The van der Waals surface area contributed by atoms with Crippen LogP contribution in [-0.2, 0) is 0 Å². The van der Waals surface area contributed by atoms with Crippen molar-refractivity contribution in [2.75, 3.05) is 7.11 Å². The Kier molecular flexibility index (Phi) is 4.57. The summed E-state index contributed by atoms with van der Waals surface area (Å²) < 4.78 is 10.3. The molecule has 3 rings (SSSR count). The van der Waals surface area contributed by atoms with Crippen LogP contribution in [0.15, 0.2) is 22.9 Å². The van der Waals surface area contributed by atoms with Gasteiger partial charge in [-0.3, -0.25) is 0 Å². The summed E-state index contributed by atoms with van der Waals surface area (Å²) in [4.78, 5) is 8.57.